The Morgan fingerprint density at radius 1 is 1.22 bits per heavy atom. The number of carbonyl (C=O) groups is 2. The topological polar surface area (TPSA) is 81.4 Å². The van der Waals surface area contributed by atoms with Gasteiger partial charge in [-0.15, -0.1) is 11.3 Å². The van der Waals surface area contributed by atoms with E-state index in [0.29, 0.717) is 39.4 Å². The number of hydrogen-bond donors (Lipinski definition) is 2. The molecule has 3 N–H and O–H groups in total. The molecule has 1 heterocycles. The maximum Gasteiger partial charge on any atom is 0.251 e. The van der Waals surface area contributed by atoms with Crippen LogP contribution in [0.3, 0.4) is 0 Å². The molecule has 0 radical (unpaired) electrons. The predicted molar refractivity (Wildman–Crippen MR) is 109 cm³/mol. The third-order valence-corrected chi connectivity index (χ3v) is 6.11. The Hall–Kier alpha value is -1.76. The number of amides is 2. The number of nitrogens with one attached hydrogen (secondary N) is 1. The van der Waals surface area contributed by atoms with Crippen molar-refractivity contribution in [2.24, 2.45) is 5.73 Å². The Morgan fingerprint density at radius 3 is 2.74 bits per heavy atom. The quantitative estimate of drug-likeness (QED) is 0.621. The number of rotatable bonds is 7. The molecule has 0 spiro atoms. The molecule has 8 heteroatoms. The molecule has 144 valence electrons. The molecule has 1 aliphatic carbocycles. The van der Waals surface area contributed by atoms with E-state index in [1.807, 2.05) is 0 Å². The van der Waals surface area contributed by atoms with Gasteiger partial charge < -0.3 is 15.8 Å². The summed E-state index contributed by atoms with van der Waals surface area (Å²) in [6.45, 7) is 0.346. The highest BCUT2D eigenvalue weighted by Gasteiger charge is 2.24. The van der Waals surface area contributed by atoms with Gasteiger partial charge in [0.15, 0.2) is 0 Å². The minimum absolute atomic E-state index is 0.165. The van der Waals surface area contributed by atoms with Gasteiger partial charge in [-0.05, 0) is 55.9 Å². The number of thiophene rings is 1. The normalized spacial score (nSPS) is 13.1. The van der Waals surface area contributed by atoms with Gasteiger partial charge in [-0.2, -0.15) is 0 Å². The molecule has 0 bridgehead atoms. The predicted octanol–water partition coefficient (Wildman–Crippen LogP) is 4.83. The Kier molecular flexibility index (Phi) is 6.63. The second-order valence-corrected chi connectivity index (χ2v) is 8.30. The van der Waals surface area contributed by atoms with Gasteiger partial charge in [-0.1, -0.05) is 23.2 Å². The first-order chi connectivity index (χ1) is 13.0. The van der Waals surface area contributed by atoms with E-state index in [-0.39, 0.29) is 12.3 Å². The molecule has 27 heavy (non-hydrogen) atoms. The lowest BCUT2D eigenvalue weighted by Gasteiger charge is -2.11. The van der Waals surface area contributed by atoms with E-state index in [2.05, 4.69) is 5.32 Å². The minimum Gasteiger partial charge on any atom is -0.492 e. The summed E-state index contributed by atoms with van der Waals surface area (Å²) in [5.74, 6) is -0.115. The summed E-state index contributed by atoms with van der Waals surface area (Å²) in [6, 6.07) is 4.99. The number of hydrogen-bond acceptors (Lipinski definition) is 4. The van der Waals surface area contributed by atoms with Crippen molar-refractivity contribution in [2.45, 2.75) is 38.5 Å². The fourth-order valence-electron chi connectivity index (χ4n) is 3.11. The summed E-state index contributed by atoms with van der Waals surface area (Å²) in [4.78, 5) is 25.3. The summed E-state index contributed by atoms with van der Waals surface area (Å²) in [6.07, 6.45) is 4.71. The molecule has 0 unspecified atom stereocenters. The fourth-order valence-corrected chi connectivity index (χ4v) is 4.88. The summed E-state index contributed by atoms with van der Waals surface area (Å²) >= 11 is 13.4. The highest BCUT2D eigenvalue weighted by atomic mass is 35.5. The second-order valence-electron chi connectivity index (χ2n) is 6.35. The number of halogens is 2. The van der Waals surface area contributed by atoms with Crippen LogP contribution in [0.4, 0.5) is 5.00 Å². The van der Waals surface area contributed by atoms with Gasteiger partial charge in [-0.3, -0.25) is 9.59 Å². The van der Waals surface area contributed by atoms with E-state index in [1.165, 1.54) is 11.3 Å². The molecule has 0 saturated heterocycles. The largest absolute Gasteiger partial charge is 0.492 e. The number of anilines is 1. The molecule has 0 saturated carbocycles. The Balaban J connectivity index is 1.54. The van der Waals surface area contributed by atoms with Crippen molar-refractivity contribution in [3.63, 3.8) is 0 Å². The van der Waals surface area contributed by atoms with Gasteiger partial charge in [0.1, 0.15) is 10.8 Å². The van der Waals surface area contributed by atoms with Crippen molar-refractivity contribution in [2.75, 3.05) is 11.9 Å². The molecular formula is C19H20Cl2N2O3S. The molecule has 5 nitrogen and oxygen atoms in total. The van der Waals surface area contributed by atoms with Gasteiger partial charge in [0, 0.05) is 16.3 Å². The summed E-state index contributed by atoms with van der Waals surface area (Å²) in [5, 5.41) is 4.39. The third-order valence-electron chi connectivity index (χ3n) is 4.37. The molecule has 3 rings (SSSR count). The third kappa shape index (κ3) is 4.94. The van der Waals surface area contributed by atoms with E-state index < -0.39 is 5.91 Å². The summed E-state index contributed by atoms with van der Waals surface area (Å²) < 4.78 is 5.58. The Morgan fingerprint density at radius 2 is 2.00 bits per heavy atom. The van der Waals surface area contributed by atoms with Crippen LogP contribution < -0.4 is 15.8 Å². The van der Waals surface area contributed by atoms with E-state index in [0.717, 1.165) is 36.1 Å². The summed E-state index contributed by atoms with van der Waals surface area (Å²) in [7, 11) is 0. The minimum atomic E-state index is -0.481. The van der Waals surface area contributed by atoms with Gasteiger partial charge in [0.2, 0.25) is 5.91 Å². The Labute approximate surface area is 171 Å². The van der Waals surface area contributed by atoms with Gasteiger partial charge in [-0.25, -0.2) is 0 Å². The first kappa shape index (κ1) is 20.0. The van der Waals surface area contributed by atoms with Crippen LogP contribution in [-0.4, -0.2) is 18.4 Å². The highest BCUT2D eigenvalue weighted by molar-refractivity contribution is 7.17. The number of fused-ring (bicyclic) bond motifs is 1. The molecular weight excluding hydrogens is 407 g/mol. The number of benzene rings is 1. The SMILES string of the molecule is NC(=O)c1c(NC(=O)CCCOc2ccc(Cl)cc2Cl)sc2c1CCCC2. The van der Waals surface area contributed by atoms with Gasteiger partial charge in [0.05, 0.1) is 17.2 Å². The van der Waals surface area contributed by atoms with Crippen LogP contribution >= 0.6 is 34.5 Å². The maximum absolute atomic E-state index is 12.3. The van der Waals surface area contributed by atoms with Crippen molar-refractivity contribution < 1.29 is 14.3 Å². The van der Waals surface area contributed by atoms with Crippen LogP contribution in [0.15, 0.2) is 18.2 Å². The molecule has 0 aliphatic heterocycles. The lowest BCUT2D eigenvalue weighted by Crippen LogP contribution is -2.18. The number of ether oxygens (including phenoxy) is 1. The lowest BCUT2D eigenvalue weighted by molar-refractivity contribution is -0.116. The average molecular weight is 427 g/mol. The zero-order valence-electron chi connectivity index (χ0n) is 14.6. The molecule has 0 fully saturated rings. The van der Waals surface area contributed by atoms with Gasteiger partial charge in [0.25, 0.3) is 5.91 Å². The van der Waals surface area contributed by atoms with Crippen molar-refractivity contribution in [3.05, 3.63) is 44.2 Å². The van der Waals surface area contributed by atoms with Crippen LogP contribution in [0.5, 0.6) is 5.75 Å². The number of nitrogens with two attached hydrogens (primary N) is 1. The zero-order valence-corrected chi connectivity index (χ0v) is 17.0. The van der Waals surface area contributed by atoms with Crippen molar-refractivity contribution in [3.8, 4) is 5.75 Å². The number of aryl methyl sites for hydroxylation is 1. The van der Waals surface area contributed by atoms with Crippen LogP contribution in [0.25, 0.3) is 0 Å². The van der Waals surface area contributed by atoms with Crippen LogP contribution in [0.2, 0.25) is 10.0 Å². The number of carbonyl (C=O) groups excluding carboxylic acids is 2. The van der Waals surface area contributed by atoms with Crippen LogP contribution in [0.1, 0.15) is 46.5 Å². The van der Waals surface area contributed by atoms with Crippen molar-refractivity contribution in [1.82, 2.24) is 0 Å². The molecule has 1 aliphatic rings. The lowest BCUT2D eigenvalue weighted by atomic mass is 9.95. The smallest absolute Gasteiger partial charge is 0.251 e. The molecule has 2 amide bonds. The molecule has 1 aromatic carbocycles. The van der Waals surface area contributed by atoms with E-state index >= 15 is 0 Å². The van der Waals surface area contributed by atoms with Crippen LogP contribution in [0, 0.1) is 0 Å². The molecule has 1 aromatic heterocycles. The Bertz CT molecular complexity index is 867. The number of primary amides is 1. The second kappa shape index (κ2) is 8.95. The monoisotopic (exact) mass is 426 g/mol. The van der Waals surface area contributed by atoms with E-state index in [1.54, 1.807) is 18.2 Å². The van der Waals surface area contributed by atoms with Crippen molar-refractivity contribution in [1.29, 1.82) is 0 Å². The van der Waals surface area contributed by atoms with E-state index in [4.69, 9.17) is 33.7 Å². The van der Waals surface area contributed by atoms with Crippen LogP contribution in [-0.2, 0) is 17.6 Å². The van der Waals surface area contributed by atoms with E-state index in [9.17, 15) is 9.59 Å². The maximum atomic E-state index is 12.3. The molecule has 0 atom stereocenters. The highest BCUT2D eigenvalue weighted by Crippen LogP contribution is 2.38. The first-order valence-corrected chi connectivity index (χ1v) is 10.3. The molecule has 2 aromatic rings. The van der Waals surface area contributed by atoms with Crippen molar-refractivity contribution >= 4 is 51.4 Å². The average Bonchev–Trinajstić information content (AvgIpc) is 2.98. The standard InChI is InChI=1S/C19H20Cl2N2O3S/c20-11-7-8-14(13(21)10-11)26-9-3-6-16(24)23-19-17(18(22)25)12-4-1-2-5-15(12)27-19/h7-8,10H,1-6,9H2,(H2,22,25)(H,23,24). The van der Waals surface area contributed by atoms with Gasteiger partial charge >= 0.3 is 0 Å². The zero-order chi connectivity index (χ0) is 19.4. The fraction of sp³-hybridized carbons (Fsp3) is 0.368. The summed E-state index contributed by atoms with van der Waals surface area (Å²) in [5.41, 5.74) is 7.03. The first-order valence-electron chi connectivity index (χ1n) is 8.77.